The normalized spacial score (nSPS) is 15.8. The highest BCUT2D eigenvalue weighted by Gasteiger charge is 2.51. The summed E-state index contributed by atoms with van der Waals surface area (Å²) in [4.78, 5) is 36.4. The lowest BCUT2D eigenvalue weighted by atomic mass is 9.94. The summed E-state index contributed by atoms with van der Waals surface area (Å²) in [5.41, 5.74) is 1.53. The number of carbonyl (C=O) groups is 2. The van der Waals surface area contributed by atoms with Crippen molar-refractivity contribution >= 4 is 29.1 Å². The van der Waals surface area contributed by atoms with Gasteiger partial charge in [0.15, 0.2) is 5.76 Å². The van der Waals surface area contributed by atoms with Gasteiger partial charge in [0.25, 0.3) is 11.8 Å². The summed E-state index contributed by atoms with van der Waals surface area (Å²) in [7, 11) is 0. The maximum Gasteiger partial charge on any atom is 0.346 e. The summed E-state index contributed by atoms with van der Waals surface area (Å²) in [6, 6.07) is 8.65. The smallest absolute Gasteiger partial charge is 0.346 e. The monoisotopic (exact) mass is 654 g/mol. The first-order valence-corrected chi connectivity index (χ1v) is 18.5. The van der Waals surface area contributed by atoms with Crippen molar-refractivity contribution in [1.29, 1.82) is 5.26 Å². The molecule has 4 heterocycles. The molecule has 4 rings (SSSR count). The Kier molecular flexibility index (Phi) is 14.2. The number of amides is 2. The van der Waals surface area contributed by atoms with Crippen molar-refractivity contribution < 1.29 is 18.4 Å². The highest BCUT2D eigenvalue weighted by molar-refractivity contribution is 6.29. The van der Waals surface area contributed by atoms with Crippen LogP contribution in [0.25, 0.3) is 16.2 Å². The molecule has 2 aromatic rings. The molecular formula is C40H54N4O4. The molecule has 0 aliphatic carbocycles. The van der Waals surface area contributed by atoms with Crippen LogP contribution in [0.5, 0.6) is 0 Å². The molecule has 2 aliphatic rings. The van der Waals surface area contributed by atoms with E-state index in [1.54, 1.807) is 34.1 Å². The molecule has 2 atom stereocenters. The van der Waals surface area contributed by atoms with Crippen molar-refractivity contribution in [1.82, 2.24) is 9.80 Å². The van der Waals surface area contributed by atoms with Crippen molar-refractivity contribution in [3.05, 3.63) is 64.1 Å². The molecule has 0 radical (unpaired) electrons. The summed E-state index contributed by atoms with van der Waals surface area (Å²) in [5.74, 6) is 0.988. The van der Waals surface area contributed by atoms with E-state index in [9.17, 15) is 14.9 Å². The van der Waals surface area contributed by atoms with Crippen LogP contribution in [-0.4, -0.2) is 34.7 Å². The van der Waals surface area contributed by atoms with Crippen LogP contribution in [0, 0.1) is 29.7 Å². The number of nitrogens with zero attached hydrogens (tertiary/aromatic N) is 4. The molecule has 8 nitrogen and oxygen atoms in total. The number of hydrogen-bond acceptors (Lipinski definition) is 5. The van der Waals surface area contributed by atoms with E-state index in [4.69, 9.17) is 15.4 Å². The van der Waals surface area contributed by atoms with Crippen LogP contribution in [0.15, 0.2) is 44.2 Å². The number of nitriles is 1. The number of hydrogen-bond donors (Lipinski definition) is 0. The quantitative estimate of drug-likeness (QED) is 0.0930. The predicted octanol–water partition coefficient (Wildman–Crippen LogP) is 10.7. The van der Waals surface area contributed by atoms with Gasteiger partial charge in [-0.3, -0.25) is 9.59 Å². The Morgan fingerprint density at radius 1 is 0.667 bits per heavy atom. The fourth-order valence-corrected chi connectivity index (χ4v) is 7.17. The number of fused-ring (bicyclic) bond motifs is 1. The van der Waals surface area contributed by atoms with E-state index in [0.717, 1.165) is 89.9 Å². The van der Waals surface area contributed by atoms with Crippen LogP contribution in [0.2, 0.25) is 0 Å². The second kappa shape index (κ2) is 18.5. The maximum absolute atomic E-state index is 14.7. The van der Waals surface area contributed by atoms with E-state index in [-0.39, 0.29) is 35.3 Å². The lowest BCUT2D eigenvalue weighted by molar-refractivity contribution is -0.124. The minimum Gasteiger partial charge on any atom is -0.478 e. The van der Waals surface area contributed by atoms with Crippen LogP contribution >= 0.6 is 0 Å². The maximum atomic E-state index is 14.7. The topological polar surface area (TPSA) is 95.0 Å². The first-order chi connectivity index (χ1) is 23.4. The van der Waals surface area contributed by atoms with Gasteiger partial charge in [0.05, 0.1) is 23.4 Å². The summed E-state index contributed by atoms with van der Waals surface area (Å²) in [6.45, 7) is 17.2. The minimum absolute atomic E-state index is 0.115. The Bertz CT molecular complexity index is 1420. The van der Waals surface area contributed by atoms with E-state index in [0.29, 0.717) is 47.2 Å². The summed E-state index contributed by atoms with van der Waals surface area (Å²) < 4.78 is 11.9. The third-order valence-electron chi connectivity index (χ3n) is 9.81. The highest BCUT2D eigenvalue weighted by Crippen LogP contribution is 2.48. The number of rotatable bonds is 22. The van der Waals surface area contributed by atoms with Crippen LogP contribution in [0.1, 0.15) is 148 Å². The summed E-state index contributed by atoms with van der Waals surface area (Å²) in [6.07, 6.45) is 17.5. The Labute approximate surface area is 287 Å². The van der Waals surface area contributed by atoms with Crippen LogP contribution < -0.4 is 0 Å². The van der Waals surface area contributed by atoms with E-state index >= 15 is 0 Å². The number of furan rings is 2. The van der Waals surface area contributed by atoms with Crippen molar-refractivity contribution in [2.24, 2.45) is 11.8 Å². The molecule has 2 aliphatic heterocycles. The van der Waals surface area contributed by atoms with E-state index in [2.05, 4.69) is 38.6 Å². The van der Waals surface area contributed by atoms with Gasteiger partial charge in [-0.25, -0.2) is 0 Å². The molecular weight excluding hydrogens is 600 g/mol. The van der Waals surface area contributed by atoms with Crippen molar-refractivity contribution in [3.8, 4) is 6.07 Å². The van der Waals surface area contributed by atoms with Gasteiger partial charge in [-0.1, -0.05) is 105 Å². The molecule has 0 aromatic carbocycles. The fraction of sp³-hybridized carbons (Fsp3) is 0.600. The second-order valence-electron chi connectivity index (χ2n) is 13.5. The Hall–Kier alpha value is -4.04. The minimum atomic E-state index is -0.246. The van der Waals surface area contributed by atoms with Gasteiger partial charge >= 0.3 is 5.88 Å². The first kappa shape index (κ1) is 36.8. The molecule has 2 unspecified atom stereocenters. The molecule has 0 bridgehead atoms. The molecule has 2 amide bonds. The van der Waals surface area contributed by atoms with Crippen molar-refractivity contribution in [2.45, 2.75) is 130 Å². The molecule has 0 fully saturated rings. The average molecular weight is 655 g/mol. The molecule has 0 saturated carbocycles. The second-order valence-corrected chi connectivity index (χ2v) is 13.5. The predicted molar refractivity (Wildman–Crippen MR) is 189 cm³/mol. The summed E-state index contributed by atoms with van der Waals surface area (Å²) in [5, 5.41) is 9.61. The van der Waals surface area contributed by atoms with Crippen LogP contribution in [0.3, 0.4) is 0 Å². The van der Waals surface area contributed by atoms with Crippen LogP contribution in [0.4, 0.5) is 5.88 Å². The van der Waals surface area contributed by atoms with E-state index in [1.807, 2.05) is 0 Å². The van der Waals surface area contributed by atoms with Gasteiger partial charge in [-0.2, -0.15) is 10.1 Å². The molecule has 0 N–H and O–H groups in total. The third-order valence-corrected chi connectivity index (χ3v) is 9.81. The van der Waals surface area contributed by atoms with Gasteiger partial charge in [-0.15, -0.1) is 0 Å². The molecule has 48 heavy (non-hydrogen) atoms. The van der Waals surface area contributed by atoms with E-state index in [1.165, 1.54) is 12.8 Å². The van der Waals surface area contributed by atoms with Gasteiger partial charge in [-0.05, 0) is 61.8 Å². The lowest BCUT2D eigenvalue weighted by Gasteiger charge is -2.29. The molecule has 0 spiro atoms. The third kappa shape index (κ3) is 8.70. The Balaban J connectivity index is 1.81. The summed E-state index contributed by atoms with van der Waals surface area (Å²) >= 11 is 0. The van der Waals surface area contributed by atoms with Crippen molar-refractivity contribution in [3.63, 3.8) is 0 Å². The zero-order valence-electron chi connectivity index (χ0n) is 29.6. The first-order valence-electron chi connectivity index (χ1n) is 18.5. The standard InChI is InChI=1S/C40H54N4O4/c1-6-10-14-16-20-29(18-12-8-3)27-43-37(32-23-22-31(26-41)47-32)35-36(40(43)46)38(33-24-25-34(42-5)48-33)44(39(35)45)28-30(19-13-9-4)21-17-15-11-7-2/h22-25,29-30H,6-21,27-28H2,1-4H3. The van der Waals surface area contributed by atoms with Gasteiger partial charge in [0, 0.05) is 13.1 Å². The van der Waals surface area contributed by atoms with E-state index < -0.39 is 0 Å². The lowest BCUT2D eigenvalue weighted by Crippen LogP contribution is -2.34. The highest BCUT2D eigenvalue weighted by atomic mass is 16.4. The largest absolute Gasteiger partial charge is 0.478 e. The molecule has 8 heteroatoms. The molecule has 2 aromatic heterocycles. The van der Waals surface area contributed by atoms with Crippen LogP contribution in [-0.2, 0) is 9.59 Å². The Morgan fingerprint density at radius 3 is 1.54 bits per heavy atom. The zero-order valence-corrected chi connectivity index (χ0v) is 29.6. The van der Waals surface area contributed by atoms with Gasteiger partial charge in [0.2, 0.25) is 5.76 Å². The SMILES string of the molecule is [C-]#[N+]c1ccc(C2=C3C(=O)N(CC(CCCC)CCCCCC)C(c4ccc(C#N)o4)=C3C(=O)N2CC(CCCC)CCCCCC)o1. The molecule has 0 saturated heterocycles. The van der Waals surface area contributed by atoms with Crippen molar-refractivity contribution in [2.75, 3.05) is 13.1 Å². The average Bonchev–Trinajstić information content (AvgIpc) is 3.88. The number of carbonyl (C=O) groups excluding carboxylic acids is 2. The number of unbranched alkanes of at least 4 members (excludes halogenated alkanes) is 8. The molecule has 258 valence electrons. The fourth-order valence-electron chi connectivity index (χ4n) is 7.17. The van der Waals surface area contributed by atoms with Gasteiger partial charge in [0.1, 0.15) is 17.5 Å². The van der Waals surface area contributed by atoms with Gasteiger partial charge < -0.3 is 18.6 Å². The zero-order chi connectivity index (χ0) is 34.5. The Morgan fingerprint density at radius 2 is 1.12 bits per heavy atom.